The molecule has 0 aliphatic carbocycles. The third-order valence-electron chi connectivity index (χ3n) is 7.66. The first-order chi connectivity index (χ1) is 21.0. The topological polar surface area (TPSA) is 84.3 Å². The second-order valence-corrected chi connectivity index (χ2v) is 10.8. The van der Waals surface area contributed by atoms with E-state index in [-0.39, 0.29) is 24.6 Å². The van der Waals surface area contributed by atoms with Crippen LogP contribution in [-0.2, 0) is 11.3 Å². The molecule has 0 radical (unpaired) electrons. The third-order valence-corrected chi connectivity index (χ3v) is 7.98. The molecule has 5 aromatic rings. The van der Waals surface area contributed by atoms with Crippen molar-refractivity contribution in [3.05, 3.63) is 138 Å². The van der Waals surface area contributed by atoms with Gasteiger partial charge < -0.3 is 24.8 Å². The van der Waals surface area contributed by atoms with Crippen LogP contribution >= 0.6 is 12.2 Å². The standard InChI is InChI=1S/C34H32N6O2S/c1-23-20-29(24(2)39(23)21-25-15-18-35-19-16-25)33-32(30-10-6-7-17-36-30)38-34(43)40(33)27-13-11-26(12-14-27)37-31(41)22-42-28-8-4-3-5-9-28/h3-20,32-33H,21-22H2,1-2H3,(H,37,41)(H,38,43)/t32-,33-/m0/s1. The number of hydrogen-bond acceptors (Lipinski definition) is 5. The number of carbonyl (C=O) groups is 1. The summed E-state index contributed by atoms with van der Waals surface area (Å²) in [4.78, 5) is 23.5. The molecule has 216 valence electrons. The van der Waals surface area contributed by atoms with E-state index >= 15 is 0 Å². The van der Waals surface area contributed by atoms with Gasteiger partial charge in [0, 0.05) is 47.9 Å². The van der Waals surface area contributed by atoms with Gasteiger partial charge in [0.25, 0.3) is 5.91 Å². The minimum absolute atomic E-state index is 0.0746. The van der Waals surface area contributed by atoms with Crippen molar-refractivity contribution in [3.63, 3.8) is 0 Å². The molecular formula is C34H32N6O2S. The van der Waals surface area contributed by atoms with Crippen molar-refractivity contribution in [1.29, 1.82) is 0 Å². The Labute approximate surface area is 256 Å². The lowest BCUT2D eigenvalue weighted by atomic mass is 9.96. The Morgan fingerprint density at radius 1 is 0.953 bits per heavy atom. The molecule has 9 heteroatoms. The van der Waals surface area contributed by atoms with Gasteiger partial charge in [-0.05, 0) is 104 Å². The summed E-state index contributed by atoms with van der Waals surface area (Å²) in [6.45, 7) is 4.97. The number of amides is 1. The number of nitrogens with zero attached hydrogens (tertiary/aromatic N) is 4. The zero-order valence-electron chi connectivity index (χ0n) is 24.0. The molecule has 2 N–H and O–H groups in total. The van der Waals surface area contributed by atoms with Crippen LogP contribution in [0.1, 0.15) is 40.3 Å². The summed E-state index contributed by atoms with van der Waals surface area (Å²) in [6, 6.07) is 29.0. The zero-order chi connectivity index (χ0) is 29.8. The van der Waals surface area contributed by atoms with E-state index in [4.69, 9.17) is 17.0 Å². The molecule has 6 rings (SSSR count). The van der Waals surface area contributed by atoms with Crippen LogP contribution in [0.5, 0.6) is 5.75 Å². The van der Waals surface area contributed by atoms with E-state index in [1.165, 1.54) is 16.8 Å². The number of rotatable bonds is 9. The van der Waals surface area contributed by atoms with Crippen molar-refractivity contribution in [2.45, 2.75) is 32.5 Å². The fourth-order valence-electron chi connectivity index (χ4n) is 5.56. The van der Waals surface area contributed by atoms with Gasteiger partial charge in [-0.2, -0.15) is 0 Å². The summed E-state index contributed by atoms with van der Waals surface area (Å²) >= 11 is 5.94. The molecule has 43 heavy (non-hydrogen) atoms. The zero-order valence-corrected chi connectivity index (χ0v) is 24.8. The van der Waals surface area contributed by atoms with Gasteiger partial charge in [0.05, 0.1) is 17.8 Å². The van der Waals surface area contributed by atoms with Crippen molar-refractivity contribution in [3.8, 4) is 5.75 Å². The maximum Gasteiger partial charge on any atom is 0.262 e. The first kappa shape index (κ1) is 28.1. The summed E-state index contributed by atoms with van der Waals surface area (Å²) < 4.78 is 7.91. The number of thiocarbonyl (C=S) groups is 1. The Morgan fingerprint density at radius 3 is 2.42 bits per heavy atom. The molecule has 1 fully saturated rings. The molecule has 0 saturated carbocycles. The first-order valence-corrected chi connectivity index (χ1v) is 14.5. The van der Waals surface area contributed by atoms with Crippen molar-refractivity contribution in [2.75, 3.05) is 16.8 Å². The van der Waals surface area contributed by atoms with E-state index in [0.29, 0.717) is 16.5 Å². The molecule has 0 unspecified atom stereocenters. The lowest BCUT2D eigenvalue weighted by molar-refractivity contribution is -0.118. The second-order valence-electron chi connectivity index (χ2n) is 10.5. The van der Waals surface area contributed by atoms with Crippen LogP contribution in [-0.4, -0.2) is 32.2 Å². The first-order valence-electron chi connectivity index (χ1n) is 14.1. The SMILES string of the molecule is Cc1cc([C@H]2[C@H](c3ccccn3)NC(=S)N2c2ccc(NC(=O)COc3ccccc3)cc2)c(C)n1Cc1ccncc1. The summed E-state index contributed by atoms with van der Waals surface area (Å²) in [5.74, 6) is 0.418. The highest BCUT2D eigenvalue weighted by molar-refractivity contribution is 7.80. The van der Waals surface area contributed by atoms with Gasteiger partial charge in [0.2, 0.25) is 0 Å². The Kier molecular flexibility index (Phi) is 8.15. The Bertz CT molecular complexity index is 1710. The van der Waals surface area contributed by atoms with E-state index in [2.05, 4.69) is 50.0 Å². The highest BCUT2D eigenvalue weighted by Crippen LogP contribution is 2.43. The molecule has 4 heterocycles. The number of nitrogens with one attached hydrogen (secondary N) is 2. The van der Waals surface area contributed by atoms with Crippen molar-refractivity contribution in [1.82, 2.24) is 19.9 Å². The number of hydrogen-bond donors (Lipinski definition) is 2. The largest absolute Gasteiger partial charge is 0.484 e. The number of anilines is 2. The van der Waals surface area contributed by atoms with Crippen molar-refractivity contribution >= 4 is 34.6 Å². The fourth-order valence-corrected chi connectivity index (χ4v) is 5.90. The predicted molar refractivity (Wildman–Crippen MR) is 172 cm³/mol. The number of benzene rings is 2. The summed E-state index contributed by atoms with van der Waals surface area (Å²) in [6.07, 6.45) is 5.46. The Hall–Kier alpha value is -5.02. The molecule has 0 bridgehead atoms. The molecule has 1 amide bonds. The highest BCUT2D eigenvalue weighted by atomic mass is 32.1. The van der Waals surface area contributed by atoms with Gasteiger partial charge in [-0.25, -0.2) is 0 Å². The average molecular weight is 589 g/mol. The number of carbonyl (C=O) groups excluding carboxylic acids is 1. The summed E-state index contributed by atoms with van der Waals surface area (Å²) in [7, 11) is 0. The Balaban J connectivity index is 1.28. The van der Waals surface area contributed by atoms with Gasteiger partial charge in [0.15, 0.2) is 11.7 Å². The van der Waals surface area contributed by atoms with Gasteiger partial charge in [-0.3, -0.25) is 14.8 Å². The van der Waals surface area contributed by atoms with E-state index in [1.54, 1.807) is 0 Å². The van der Waals surface area contributed by atoms with Crippen LogP contribution in [0.4, 0.5) is 11.4 Å². The molecular weight excluding hydrogens is 556 g/mol. The van der Waals surface area contributed by atoms with Gasteiger partial charge in [-0.1, -0.05) is 24.3 Å². The normalized spacial score (nSPS) is 16.1. The molecule has 2 aromatic carbocycles. The minimum atomic E-state index is -0.232. The number of pyridine rings is 2. The smallest absolute Gasteiger partial charge is 0.262 e. The van der Waals surface area contributed by atoms with Crippen LogP contribution in [0.2, 0.25) is 0 Å². The number of aryl methyl sites for hydroxylation is 1. The maximum absolute atomic E-state index is 12.5. The predicted octanol–water partition coefficient (Wildman–Crippen LogP) is 6.14. The van der Waals surface area contributed by atoms with E-state index in [0.717, 1.165) is 23.6 Å². The van der Waals surface area contributed by atoms with Crippen LogP contribution < -0.4 is 20.3 Å². The molecule has 8 nitrogen and oxygen atoms in total. The van der Waals surface area contributed by atoms with Gasteiger partial charge >= 0.3 is 0 Å². The number of ether oxygens (including phenoxy) is 1. The molecule has 2 atom stereocenters. The Morgan fingerprint density at radius 2 is 1.70 bits per heavy atom. The molecule has 3 aromatic heterocycles. The van der Waals surface area contributed by atoms with Crippen molar-refractivity contribution in [2.24, 2.45) is 0 Å². The quantitative estimate of drug-likeness (QED) is 0.200. The lowest BCUT2D eigenvalue weighted by Crippen LogP contribution is -2.29. The van der Waals surface area contributed by atoms with E-state index in [1.807, 2.05) is 104 Å². The minimum Gasteiger partial charge on any atom is -0.484 e. The second kappa shape index (κ2) is 12.5. The summed E-state index contributed by atoms with van der Waals surface area (Å²) in [5, 5.41) is 7.07. The van der Waals surface area contributed by atoms with Crippen LogP contribution in [0, 0.1) is 13.8 Å². The number of aromatic nitrogens is 3. The lowest BCUT2D eigenvalue weighted by Gasteiger charge is -2.28. The van der Waals surface area contributed by atoms with Crippen LogP contribution in [0.3, 0.4) is 0 Å². The van der Waals surface area contributed by atoms with Gasteiger partial charge in [-0.15, -0.1) is 0 Å². The van der Waals surface area contributed by atoms with E-state index in [9.17, 15) is 4.79 Å². The average Bonchev–Trinajstić information content (AvgIpc) is 3.52. The fraction of sp³-hybridized carbons (Fsp3) is 0.176. The van der Waals surface area contributed by atoms with E-state index < -0.39 is 0 Å². The highest BCUT2D eigenvalue weighted by Gasteiger charge is 2.42. The van der Waals surface area contributed by atoms with Gasteiger partial charge in [0.1, 0.15) is 5.75 Å². The molecule has 1 aliphatic heterocycles. The van der Waals surface area contributed by atoms with Crippen LogP contribution in [0.15, 0.2) is 110 Å². The van der Waals surface area contributed by atoms with Crippen molar-refractivity contribution < 1.29 is 9.53 Å². The monoisotopic (exact) mass is 588 g/mol. The maximum atomic E-state index is 12.5. The third kappa shape index (κ3) is 6.12. The molecule has 1 aliphatic rings. The van der Waals surface area contributed by atoms with Crippen LogP contribution in [0.25, 0.3) is 0 Å². The molecule has 1 saturated heterocycles. The number of para-hydroxylation sites is 1. The molecule has 0 spiro atoms. The summed E-state index contributed by atoms with van der Waals surface area (Å²) in [5.41, 5.74) is 7.20.